The molecule has 1 heterocycles. The third-order valence-electron chi connectivity index (χ3n) is 2.14. The number of rotatable bonds is 5. The van der Waals surface area contributed by atoms with E-state index in [2.05, 4.69) is 37.2 Å². The van der Waals surface area contributed by atoms with Gasteiger partial charge in [-0.3, -0.25) is 0 Å². The Bertz CT molecular complexity index is 286. The summed E-state index contributed by atoms with van der Waals surface area (Å²) in [5.74, 6) is 1.16. The number of aryl methyl sites for hydroxylation is 1. The summed E-state index contributed by atoms with van der Waals surface area (Å²) in [7, 11) is 0. The second-order valence-corrected chi connectivity index (χ2v) is 4.75. The van der Waals surface area contributed by atoms with Crippen molar-refractivity contribution in [2.24, 2.45) is 0 Å². The Morgan fingerprint density at radius 3 is 2.73 bits per heavy atom. The summed E-state index contributed by atoms with van der Waals surface area (Å²) in [5, 5.41) is 0. The molecule has 0 N–H and O–H groups in total. The van der Waals surface area contributed by atoms with Crippen LogP contribution in [0, 0.1) is 0 Å². The molecule has 0 bridgehead atoms. The Labute approximate surface area is 92.5 Å². The van der Waals surface area contributed by atoms with Crippen molar-refractivity contribution < 1.29 is 4.74 Å². The minimum atomic E-state index is -0.0501. The predicted molar refractivity (Wildman–Crippen MR) is 61.9 cm³/mol. The molecule has 0 aliphatic rings. The third kappa shape index (κ3) is 4.47. The van der Waals surface area contributed by atoms with Gasteiger partial charge in [-0.25, -0.2) is 4.98 Å². The molecule has 0 spiro atoms. The number of hydrogen-bond acceptors (Lipinski definition) is 2. The van der Waals surface area contributed by atoms with Gasteiger partial charge in [0, 0.05) is 25.4 Å². The first-order chi connectivity index (χ1) is 7.03. The first-order valence-corrected chi connectivity index (χ1v) is 5.67. The molecule has 1 aromatic heterocycles. The summed E-state index contributed by atoms with van der Waals surface area (Å²) >= 11 is 0. The van der Waals surface area contributed by atoms with E-state index in [1.54, 1.807) is 0 Å². The Morgan fingerprint density at radius 1 is 1.40 bits per heavy atom. The molecule has 3 heteroatoms. The van der Waals surface area contributed by atoms with Crippen LogP contribution in [0.1, 0.15) is 39.9 Å². The number of hydrogen-bond donors (Lipinski definition) is 0. The molecule has 0 aliphatic heterocycles. The van der Waals surface area contributed by atoms with Gasteiger partial charge in [0.25, 0.3) is 0 Å². The summed E-state index contributed by atoms with van der Waals surface area (Å²) in [5.41, 5.74) is -0.0501. The molecule has 0 atom stereocenters. The Morgan fingerprint density at radius 2 is 2.13 bits per heavy atom. The molecule has 1 aromatic rings. The summed E-state index contributed by atoms with van der Waals surface area (Å²) < 4.78 is 7.86. The van der Waals surface area contributed by atoms with Crippen molar-refractivity contribution in [2.45, 2.75) is 52.7 Å². The topological polar surface area (TPSA) is 27.1 Å². The van der Waals surface area contributed by atoms with Gasteiger partial charge >= 0.3 is 0 Å². The van der Waals surface area contributed by atoms with Crippen LogP contribution < -0.4 is 0 Å². The van der Waals surface area contributed by atoms with Crippen molar-refractivity contribution in [1.29, 1.82) is 0 Å². The Kier molecular flexibility index (Phi) is 4.33. The highest BCUT2D eigenvalue weighted by atomic mass is 16.5. The first-order valence-electron chi connectivity index (χ1n) is 5.67. The smallest absolute Gasteiger partial charge is 0.108 e. The van der Waals surface area contributed by atoms with Crippen LogP contribution in [0.5, 0.6) is 0 Å². The van der Waals surface area contributed by atoms with Crippen molar-refractivity contribution in [2.75, 3.05) is 6.61 Å². The van der Waals surface area contributed by atoms with E-state index in [0.717, 1.165) is 31.8 Å². The average molecular weight is 210 g/mol. The molecule has 0 aromatic carbocycles. The first kappa shape index (κ1) is 12.2. The molecular formula is C12H22N2O. The molecule has 86 valence electrons. The van der Waals surface area contributed by atoms with Crippen LogP contribution in [0.2, 0.25) is 0 Å². The van der Waals surface area contributed by atoms with Crippen LogP contribution in [0.15, 0.2) is 12.4 Å². The Balaban J connectivity index is 2.40. The third-order valence-corrected chi connectivity index (χ3v) is 2.14. The second kappa shape index (κ2) is 5.31. The fourth-order valence-corrected chi connectivity index (χ4v) is 1.45. The van der Waals surface area contributed by atoms with Crippen LogP contribution in [0.3, 0.4) is 0 Å². The van der Waals surface area contributed by atoms with Crippen molar-refractivity contribution >= 4 is 0 Å². The van der Waals surface area contributed by atoms with Gasteiger partial charge in [-0.05, 0) is 27.2 Å². The number of imidazole rings is 1. The van der Waals surface area contributed by atoms with Crippen LogP contribution in [-0.4, -0.2) is 21.8 Å². The van der Waals surface area contributed by atoms with E-state index >= 15 is 0 Å². The molecule has 0 amide bonds. The molecule has 0 aliphatic carbocycles. The van der Waals surface area contributed by atoms with E-state index < -0.39 is 0 Å². The summed E-state index contributed by atoms with van der Waals surface area (Å²) in [4.78, 5) is 4.33. The molecule has 0 saturated heterocycles. The van der Waals surface area contributed by atoms with Gasteiger partial charge in [0.1, 0.15) is 5.82 Å². The normalized spacial score (nSPS) is 12.0. The highest BCUT2D eigenvalue weighted by molar-refractivity contribution is 4.92. The quantitative estimate of drug-likeness (QED) is 0.747. The zero-order valence-corrected chi connectivity index (χ0v) is 10.3. The van der Waals surface area contributed by atoms with Crippen molar-refractivity contribution in [3.8, 4) is 0 Å². The van der Waals surface area contributed by atoms with Gasteiger partial charge in [-0.15, -0.1) is 0 Å². The fraction of sp³-hybridized carbons (Fsp3) is 0.750. The maximum atomic E-state index is 5.69. The molecule has 3 nitrogen and oxygen atoms in total. The predicted octanol–water partition coefficient (Wildman–Crippen LogP) is 2.65. The lowest BCUT2D eigenvalue weighted by Gasteiger charge is -2.20. The van der Waals surface area contributed by atoms with Crippen molar-refractivity contribution in [1.82, 2.24) is 9.55 Å². The van der Waals surface area contributed by atoms with Gasteiger partial charge in [-0.2, -0.15) is 0 Å². The maximum absolute atomic E-state index is 5.69. The van der Waals surface area contributed by atoms with Gasteiger partial charge < -0.3 is 9.30 Å². The van der Waals surface area contributed by atoms with Crippen molar-refractivity contribution in [3.05, 3.63) is 18.2 Å². The fourth-order valence-electron chi connectivity index (χ4n) is 1.45. The van der Waals surface area contributed by atoms with Crippen LogP contribution in [-0.2, 0) is 17.7 Å². The summed E-state index contributed by atoms with van der Waals surface area (Å²) in [6.45, 7) is 10.0. The highest BCUT2D eigenvalue weighted by Crippen LogP contribution is 2.07. The lowest BCUT2D eigenvalue weighted by Crippen LogP contribution is -2.22. The molecule has 0 radical (unpaired) electrons. The molecular weight excluding hydrogens is 188 g/mol. The van der Waals surface area contributed by atoms with Crippen LogP contribution >= 0.6 is 0 Å². The van der Waals surface area contributed by atoms with E-state index in [4.69, 9.17) is 4.74 Å². The zero-order valence-electron chi connectivity index (χ0n) is 10.3. The minimum Gasteiger partial charge on any atom is -0.374 e. The average Bonchev–Trinajstić information content (AvgIpc) is 2.51. The second-order valence-electron chi connectivity index (χ2n) is 4.75. The molecule has 0 saturated carbocycles. The largest absolute Gasteiger partial charge is 0.374 e. The molecule has 15 heavy (non-hydrogen) atoms. The molecule has 0 fully saturated rings. The van der Waals surface area contributed by atoms with E-state index in [9.17, 15) is 0 Å². The van der Waals surface area contributed by atoms with Crippen molar-refractivity contribution in [3.63, 3.8) is 0 Å². The number of aromatic nitrogens is 2. The van der Waals surface area contributed by atoms with Crippen LogP contribution in [0.25, 0.3) is 0 Å². The maximum Gasteiger partial charge on any atom is 0.108 e. The van der Waals surface area contributed by atoms with Gasteiger partial charge in [0.05, 0.1) is 12.2 Å². The Hall–Kier alpha value is -0.830. The minimum absolute atomic E-state index is 0.0501. The standard InChI is InChI=1S/C12H22N2O/c1-5-6-11-13-7-8-14(11)9-10-15-12(2,3)4/h7-8H,5-6,9-10H2,1-4H3. The SMILES string of the molecule is CCCc1nccn1CCOC(C)(C)C. The number of nitrogens with zero attached hydrogens (tertiary/aromatic N) is 2. The van der Waals surface area contributed by atoms with Gasteiger partial charge in [0.2, 0.25) is 0 Å². The van der Waals surface area contributed by atoms with Gasteiger partial charge in [0.15, 0.2) is 0 Å². The van der Waals surface area contributed by atoms with Crippen LogP contribution in [0.4, 0.5) is 0 Å². The summed E-state index contributed by atoms with van der Waals surface area (Å²) in [6.07, 6.45) is 6.07. The number of ether oxygens (including phenoxy) is 1. The zero-order chi connectivity index (χ0) is 11.3. The molecule has 0 unspecified atom stereocenters. The van der Waals surface area contributed by atoms with E-state index in [1.807, 2.05) is 12.4 Å². The van der Waals surface area contributed by atoms with E-state index in [0.29, 0.717) is 0 Å². The highest BCUT2D eigenvalue weighted by Gasteiger charge is 2.09. The molecule has 1 rings (SSSR count). The van der Waals surface area contributed by atoms with E-state index in [1.165, 1.54) is 0 Å². The lowest BCUT2D eigenvalue weighted by molar-refractivity contribution is -0.00707. The lowest BCUT2D eigenvalue weighted by atomic mass is 10.2. The van der Waals surface area contributed by atoms with E-state index in [-0.39, 0.29) is 5.60 Å². The monoisotopic (exact) mass is 210 g/mol. The summed E-state index contributed by atoms with van der Waals surface area (Å²) in [6, 6.07) is 0. The van der Waals surface area contributed by atoms with Gasteiger partial charge in [-0.1, -0.05) is 6.92 Å².